The normalized spacial score (nSPS) is 36.3. The average molecular weight is 315 g/mol. The predicted octanol–water partition coefficient (Wildman–Crippen LogP) is 2.36. The number of rotatable bonds is 1. The molecular weight excluding hydrogens is 294 g/mol. The van der Waals surface area contributed by atoms with Crippen molar-refractivity contribution in [2.24, 2.45) is 0 Å². The maximum atomic E-state index is 11.3. The zero-order chi connectivity index (χ0) is 15.6. The number of benzene rings is 1. The van der Waals surface area contributed by atoms with E-state index in [9.17, 15) is 4.79 Å². The monoisotopic (exact) mass is 315 g/mol. The van der Waals surface area contributed by atoms with Crippen LogP contribution < -0.4 is 9.47 Å². The summed E-state index contributed by atoms with van der Waals surface area (Å²) in [5, 5.41) is 0. The third kappa shape index (κ3) is 1.86. The molecule has 5 nitrogen and oxygen atoms in total. The van der Waals surface area contributed by atoms with Crippen LogP contribution >= 0.6 is 0 Å². The molecule has 0 radical (unpaired) electrons. The molecule has 0 N–H and O–H groups in total. The highest BCUT2D eigenvalue weighted by molar-refractivity contribution is 5.66. The summed E-state index contributed by atoms with van der Waals surface area (Å²) in [6.45, 7) is 3.92. The van der Waals surface area contributed by atoms with Crippen LogP contribution in [0.2, 0.25) is 0 Å². The van der Waals surface area contributed by atoms with Gasteiger partial charge in [-0.2, -0.15) is 0 Å². The van der Waals surface area contributed by atoms with Crippen molar-refractivity contribution in [1.82, 2.24) is 4.90 Å². The molecule has 1 aliphatic carbocycles. The summed E-state index contributed by atoms with van der Waals surface area (Å²) in [4.78, 5) is 13.9. The van der Waals surface area contributed by atoms with Gasteiger partial charge in [-0.15, -0.1) is 0 Å². The highest BCUT2D eigenvalue weighted by Gasteiger charge is 2.55. The van der Waals surface area contributed by atoms with Crippen LogP contribution in [0.1, 0.15) is 43.7 Å². The van der Waals surface area contributed by atoms with E-state index in [1.54, 1.807) is 0 Å². The quantitative estimate of drug-likeness (QED) is 0.745. The van der Waals surface area contributed by atoms with Gasteiger partial charge in [-0.05, 0) is 49.1 Å². The summed E-state index contributed by atoms with van der Waals surface area (Å²) in [7, 11) is 0. The molecule has 23 heavy (non-hydrogen) atoms. The van der Waals surface area contributed by atoms with E-state index in [0.717, 1.165) is 43.9 Å². The molecule has 122 valence electrons. The molecular formula is C18H21NO4. The molecule has 2 unspecified atom stereocenters. The summed E-state index contributed by atoms with van der Waals surface area (Å²) in [6, 6.07) is 4.87. The SMILES string of the molecule is CC(=O)OC1CC[C@@]23CCN(Cc4cc5c(cc42)OCO5)[C@@H]3C1. The fourth-order valence-corrected chi connectivity index (χ4v) is 5.24. The van der Waals surface area contributed by atoms with Gasteiger partial charge < -0.3 is 14.2 Å². The van der Waals surface area contributed by atoms with E-state index < -0.39 is 0 Å². The summed E-state index contributed by atoms with van der Waals surface area (Å²) >= 11 is 0. The highest BCUT2D eigenvalue weighted by atomic mass is 16.7. The maximum absolute atomic E-state index is 11.3. The number of fused-ring (bicyclic) bond motifs is 2. The lowest BCUT2D eigenvalue weighted by molar-refractivity contribution is -0.149. The molecule has 1 aromatic carbocycles. The van der Waals surface area contributed by atoms with Gasteiger partial charge in [0, 0.05) is 31.3 Å². The minimum atomic E-state index is -0.159. The molecule has 0 amide bonds. The Morgan fingerprint density at radius 1 is 1.30 bits per heavy atom. The van der Waals surface area contributed by atoms with Crippen molar-refractivity contribution in [3.05, 3.63) is 23.3 Å². The maximum Gasteiger partial charge on any atom is 0.302 e. The molecule has 2 bridgehead atoms. The summed E-state index contributed by atoms with van der Waals surface area (Å²) in [6.07, 6.45) is 4.25. The number of hydrogen-bond donors (Lipinski definition) is 0. The second-order valence-corrected chi connectivity index (χ2v) is 7.26. The molecule has 2 fully saturated rings. The molecule has 0 spiro atoms. The Kier molecular flexibility index (Phi) is 2.75. The number of ether oxygens (including phenoxy) is 3. The van der Waals surface area contributed by atoms with Gasteiger partial charge in [-0.25, -0.2) is 0 Å². The van der Waals surface area contributed by atoms with E-state index >= 15 is 0 Å². The zero-order valence-electron chi connectivity index (χ0n) is 13.3. The van der Waals surface area contributed by atoms with Gasteiger partial charge in [0.05, 0.1) is 0 Å². The number of hydrogen-bond acceptors (Lipinski definition) is 5. The first-order valence-electron chi connectivity index (χ1n) is 8.50. The van der Waals surface area contributed by atoms with Crippen LogP contribution in [0.15, 0.2) is 12.1 Å². The number of carbonyl (C=O) groups is 1. The lowest BCUT2D eigenvalue weighted by Gasteiger charge is -2.48. The van der Waals surface area contributed by atoms with Gasteiger partial charge in [-0.3, -0.25) is 9.69 Å². The van der Waals surface area contributed by atoms with E-state index in [1.165, 1.54) is 24.5 Å². The largest absolute Gasteiger partial charge is 0.463 e. The van der Waals surface area contributed by atoms with Crippen molar-refractivity contribution in [1.29, 1.82) is 0 Å². The molecule has 5 rings (SSSR count). The first-order chi connectivity index (χ1) is 11.2. The Morgan fingerprint density at radius 2 is 2.13 bits per heavy atom. The van der Waals surface area contributed by atoms with Crippen LogP contribution in [-0.2, 0) is 21.5 Å². The Morgan fingerprint density at radius 3 is 2.96 bits per heavy atom. The molecule has 3 heterocycles. The molecule has 1 saturated carbocycles. The molecule has 4 aliphatic rings. The summed E-state index contributed by atoms with van der Waals surface area (Å²) in [5.41, 5.74) is 3.03. The van der Waals surface area contributed by atoms with Crippen LogP contribution in [0.3, 0.4) is 0 Å². The van der Waals surface area contributed by atoms with Gasteiger partial charge in [0.15, 0.2) is 11.5 Å². The molecule has 1 saturated heterocycles. The Balaban J connectivity index is 1.54. The predicted molar refractivity (Wildman–Crippen MR) is 82.5 cm³/mol. The van der Waals surface area contributed by atoms with Crippen LogP contribution in [0, 0.1) is 0 Å². The minimum Gasteiger partial charge on any atom is -0.463 e. The lowest BCUT2D eigenvalue weighted by atomic mass is 9.63. The Hall–Kier alpha value is -1.75. The fourth-order valence-electron chi connectivity index (χ4n) is 5.24. The smallest absolute Gasteiger partial charge is 0.302 e. The van der Waals surface area contributed by atoms with Gasteiger partial charge in [-0.1, -0.05) is 0 Å². The second kappa shape index (κ2) is 4.63. The summed E-state index contributed by atoms with van der Waals surface area (Å²) in [5.74, 6) is 1.61. The third-order valence-electron chi connectivity index (χ3n) is 6.16. The van der Waals surface area contributed by atoms with E-state index in [2.05, 4.69) is 17.0 Å². The first kappa shape index (κ1) is 13.7. The van der Waals surface area contributed by atoms with Crippen molar-refractivity contribution >= 4 is 5.97 Å². The van der Waals surface area contributed by atoms with Crippen LogP contribution in [0.5, 0.6) is 11.5 Å². The van der Waals surface area contributed by atoms with Crippen LogP contribution in [0.4, 0.5) is 0 Å². The van der Waals surface area contributed by atoms with Gasteiger partial charge >= 0.3 is 5.97 Å². The highest BCUT2D eigenvalue weighted by Crippen LogP contribution is 2.55. The fraction of sp³-hybridized carbons (Fsp3) is 0.611. The van der Waals surface area contributed by atoms with Crippen molar-refractivity contribution in [2.75, 3.05) is 13.3 Å². The molecule has 0 aromatic heterocycles. The lowest BCUT2D eigenvalue weighted by Crippen LogP contribution is -2.52. The Labute approximate surface area is 135 Å². The van der Waals surface area contributed by atoms with Crippen molar-refractivity contribution < 1.29 is 19.0 Å². The second-order valence-electron chi connectivity index (χ2n) is 7.26. The molecule has 4 atom stereocenters. The van der Waals surface area contributed by atoms with E-state index in [4.69, 9.17) is 14.2 Å². The van der Waals surface area contributed by atoms with Crippen molar-refractivity contribution in [3.8, 4) is 11.5 Å². The van der Waals surface area contributed by atoms with Gasteiger partial charge in [0.1, 0.15) is 6.10 Å². The minimum absolute atomic E-state index is 0.0711. The molecule has 1 aromatic rings. The van der Waals surface area contributed by atoms with Crippen molar-refractivity contribution in [3.63, 3.8) is 0 Å². The molecule has 5 heteroatoms. The van der Waals surface area contributed by atoms with Gasteiger partial charge in [0.2, 0.25) is 6.79 Å². The topological polar surface area (TPSA) is 48.0 Å². The van der Waals surface area contributed by atoms with Gasteiger partial charge in [0.25, 0.3) is 0 Å². The average Bonchev–Trinajstić information content (AvgIpc) is 3.07. The zero-order valence-corrected chi connectivity index (χ0v) is 13.3. The first-order valence-corrected chi connectivity index (χ1v) is 8.50. The van der Waals surface area contributed by atoms with Crippen molar-refractivity contribution in [2.45, 2.75) is 56.7 Å². The van der Waals surface area contributed by atoms with Crippen LogP contribution in [0.25, 0.3) is 0 Å². The standard InChI is InChI=1S/C18H21NO4/c1-11(20)23-13-2-3-18-4-5-19(17(18)7-13)9-12-6-15-16(8-14(12)18)22-10-21-15/h6,8,13,17H,2-5,7,9-10H2,1H3/t13?,17-,18-/m1/s1. The number of carbonyl (C=O) groups excluding carboxylic acids is 1. The Bertz CT molecular complexity index is 688. The summed E-state index contributed by atoms with van der Waals surface area (Å²) < 4.78 is 16.7. The van der Waals surface area contributed by atoms with E-state index in [-0.39, 0.29) is 17.5 Å². The molecule has 3 aliphatic heterocycles. The van der Waals surface area contributed by atoms with E-state index in [1.807, 2.05) is 0 Å². The third-order valence-corrected chi connectivity index (χ3v) is 6.16. The number of esters is 1. The number of nitrogens with zero attached hydrogens (tertiary/aromatic N) is 1. The van der Waals surface area contributed by atoms with E-state index in [0.29, 0.717) is 12.8 Å². The van der Waals surface area contributed by atoms with Crippen LogP contribution in [-0.4, -0.2) is 36.4 Å².